The van der Waals surface area contributed by atoms with Crippen LogP contribution < -0.4 is 5.32 Å². The quantitative estimate of drug-likeness (QED) is 0.858. The molecular weight excluding hydrogens is 292 g/mol. The van der Waals surface area contributed by atoms with Crippen molar-refractivity contribution in [1.29, 1.82) is 0 Å². The summed E-state index contributed by atoms with van der Waals surface area (Å²) in [6, 6.07) is 2.00. The Morgan fingerprint density at radius 1 is 1.26 bits per heavy atom. The Hall–Kier alpha value is -1.82. The molecule has 1 aliphatic heterocycles. The molecule has 6 heteroatoms. The normalized spacial score (nSPS) is 24.8. The summed E-state index contributed by atoms with van der Waals surface area (Å²) < 4.78 is 12.9. The van der Waals surface area contributed by atoms with Crippen LogP contribution in [0.1, 0.15) is 49.1 Å². The van der Waals surface area contributed by atoms with E-state index in [1.54, 1.807) is 0 Å². The molecule has 0 spiro atoms. The van der Waals surface area contributed by atoms with E-state index in [0.29, 0.717) is 12.6 Å². The maximum absolute atomic E-state index is 5.83. The van der Waals surface area contributed by atoms with Gasteiger partial charge in [-0.3, -0.25) is 4.68 Å². The molecule has 6 nitrogen and oxygen atoms in total. The summed E-state index contributed by atoms with van der Waals surface area (Å²) >= 11 is 0. The number of rotatable bonds is 5. The summed E-state index contributed by atoms with van der Waals surface area (Å²) in [5.74, 6) is 2.46. The van der Waals surface area contributed by atoms with E-state index in [9.17, 15) is 0 Å². The maximum Gasteiger partial charge on any atom is 0.156 e. The molecule has 4 rings (SSSR count). The zero-order valence-electron chi connectivity index (χ0n) is 13.8. The average Bonchev–Trinajstić information content (AvgIpc) is 3.08. The topological polar surface area (TPSA) is 68.4 Å². The van der Waals surface area contributed by atoms with Gasteiger partial charge in [-0.2, -0.15) is 5.10 Å². The molecule has 0 radical (unpaired) electrons. The fourth-order valence-electron chi connectivity index (χ4n) is 3.62. The third-order valence-electron chi connectivity index (χ3n) is 5.07. The van der Waals surface area contributed by atoms with Crippen LogP contribution in [0.2, 0.25) is 0 Å². The van der Waals surface area contributed by atoms with Crippen molar-refractivity contribution in [2.75, 3.05) is 5.32 Å². The number of hydrogen-bond acceptors (Lipinski definition) is 5. The predicted octanol–water partition coefficient (Wildman–Crippen LogP) is 3.25. The van der Waals surface area contributed by atoms with E-state index >= 15 is 0 Å². The number of epoxide rings is 1. The summed E-state index contributed by atoms with van der Waals surface area (Å²) in [6.45, 7) is 4.58. The summed E-state index contributed by atoms with van der Waals surface area (Å²) in [5, 5.41) is 12.0. The minimum absolute atomic E-state index is 0.139. The molecule has 124 valence electrons. The Morgan fingerprint density at radius 3 is 2.83 bits per heavy atom. The second kappa shape index (κ2) is 6.00. The van der Waals surface area contributed by atoms with Crippen LogP contribution in [-0.2, 0) is 11.3 Å². The third-order valence-corrected chi connectivity index (χ3v) is 5.07. The lowest BCUT2D eigenvalue weighted by atomic mass is 9.87. The van der Waals surface area contributed by atoms with Crippen LogP contribution in [0.25, 0.3) is 0 Å². The Bertz CT molecular complexity index is 652. The van der Waals surface area contributed by atoms with Crippen LogP contribution >= 0.6 is 0 Å². The van der Waals surface area contributed by atoms with E-state index in [4.69, 9.17) is 9.26 Å². The van der Waals surface area contributed by atoms with Crippen LogP contribution in [0.5, 0.6) is 0 Å². The van der Waals surface area contributed by atoms with Crippen molar-refractivity contribution in [3.8, 4) is 0 Å². The van der Waals surface area contributed by atoms with Crippen molar-refractivity contribution in [3.05, 3.63) is 29.3 Å². The van der Waals surface area contributed by atoms with Crippen LogP contribution in [0.4, 0.5) is 5.82 Å². The van der Waals surface area contributed by atoms with Crippen molar-refractivity contribution in [2.24, 2.45) is 5.92 Å². The Labute approximate surface area is 136 Å². The van der Waals surface area contributed by atoms with E-state index in [1.807, 2.05) is 30.8 Å². The van der Waals surface area contributed by atoms with Gasteiger partial charge in [-0.05, 0) is 32.6 Å². The summed E-state index contributed by atoms with van der Waals surface area (Å²) in [5.41, 5.74) is 2.03. The molecule has 0 bridgehead atoms. The minimum atomic E-state index is 0.139. The van der Waals surface area contributed by atoms with E-state index in [2.05, 4.69) is 15.6 Å². The van der Waals surface area contributed by atoms with Crippen LogP contribution in [-0.4, -0.2) is 27.3 Å². The van der Waals surface area contributed by atoms with Gasteiger partial charge in [0.2, 0.25) is 0 Å². The molecule has 2 unspecified atom stereocenters. The summed E-state index contributed by atoms with van der Waals surface area (Å²) in [4.78, 5) is 0. The van der Waals surface area contributed by atoms with Crippen molar-refractivity contribution in [2.45, 2.75) is 64.8 Å². The van der Waals surface area contributed by atoms with Gasteiger partial charge in [0.15, 0.2) is 6.23 Å². The molecule has 2 fully saturated rings. The average molecular weight is 316 g/mol. The molecule has 0 amide bonds. The second-order valence-electron chi connectivity index (χ2n) is 6.77. The molecule has 2 aromatic heterocycles. The van der Waals surface area contributed by atoms with Gasteiger partial charge in [0.05, 0.1) is 12.2 Å². The highest BCUT2D eigenvalue weighted by Gasteiger charge is 2.45. The lowest BCUT2D eigenvalue weighted by molar-refractivity contribution is 0.263. The SMILES string of the molecule is Cc1noc(C)c1Cn1ccc(NC2OC2C2CCCCC2)n1. The number of nitrogens with zero attached hydrogens (tertiary/aromatic N) is 3. The second-order valence-corrected chi connectivity index (χ2v) is 6.77. The monoisotopic (exact) mass is 316 g/mol. The third kappa shape index (κ3) is 3.13. The van der Waals surface area contributed by atoms with Crippen LogP contribution in [0, 0.1) is 19.8 Å². The first kappa shape index (κ1) is 14.8. The van der Waals surface area contributed by atoms with Gasteiger partial charge in [0.1, 0.15) is 17.7 Å². The number of aromatic nitrogens is 3. The first-order valence-corrected chi connectivity index (χ1v) is 8.58. The van der Waals surface area contributed by atoms with Gasteiger partial charge in [-0.1, -0.05) is 24.4 Å². The van der Waals surface area contributed by atoms with Crippen molar-refractivity contribution >= 4 is 5.82 Å². The fraction of sp³-hybridized carbons (Fsp3) is 0.647. The molecule has 1 saturated carbocycles. The molecular formula is C17H24N4O2. The Balaban J connectivity index is 1.34. The highest BCUT2D eigenvalue weighted by molar-refractivity contribution is 5.35. The largest absolute Gasteiger partial charge is 0.361 e. The zero-order chi connectivity index (χ0) is 15.8. The van der Waals surface area contributed by atoms with Crippen molar-refractivity contribution < 1.29 is 9.26 Å². The lowest BCUT2D eigenvalue weighted by Crippen LogP contribution is -2.18. The van der Waals surface area contributed by atoms with E-state index in [-0.39, 0.29) is 6.23 Å². The molecule has 1 saturated heterocycles. The number of aryl methyl sites for hydroxylation is 2. The lowest BCUT2D eigenvalue weighted by Gasteiger charge is -2.19. The van der Waals surface area contributed by atoms with Gasteiger partial charge < -0.3 is 14.6 Å². The van der Waals surface area contributed by atoms with Gasteiger partial charge in [0, 0.05) is 17.8 Å². The van der Waals surface area contributed by atoms with E-state index in [0.717, 1.165) is 28.8 Å². The van der Waals surface area contributed by atoms with Gasteiger partial charge >= 0.3 is 0 Å². The maximum atomic E-state index is 5.83. The molecule has 1 aliphatic carbocycles. The molecule has 0 aromatic carbocycles. The summed E-state index contributed by atoms with van der Waals surface area (Å²) in [6.07, 6.45) is 9.20. The molecule has 2 aliphatic rings. The number of nitrogens with one attached hydrogen (secondary N) is 1. The number of ether oxygens (including phenoxy) is 1. The molecule has 2 aromatic rings. The fourth-order valence-corrected chi connectivity index (χ4v) is 3.62. The minimum Gasteiger partial charge on any atom is -0.361 e. The summed E-state index contributed by atoms with van der Waals surface area (Å²) in [7, 11) is 0. The van der Waals surface area contributed by atoms with E-state index < -0.39 is 0 Å². The van der Waals surface area contributed by atoms with Crippen molar-refractivity contribution in [1.82, 2.24) is 14.9 Å². The predicted molar refractivity (Wildman–Crippen MR) is 86.2 cm³/mol. The molecule has 23 heavy (non-hydrogen) atoms. The van der Waals surface area contributed by atoms with Gasteiger partial charge in [0.25, 0.3) is 0 Å². The van der Waals surface area contributed by atoms with Crippen LogP contribution in [0.3, 0.4) is 0 Å². The number of hydrogen-bond donors (Lipinski definition) is 1. The van der Waals surface area contributed by atoms with Crippen molar-refractivity contribution in [3.63, 3.8) is 0 Å². The molecule has 3 heterocycles. The Kier molecular flexibility index (Phi) is 3.85. The van der Waals surface area contributed by atoms with Gasteiger partial charge in [-0.25, -0.2) is 0 Å². The standard InChI is InChI=1S/C17H24N4O2/c1-11-14(12(2)23-20-11)10-21-9-8-15(19-21)18-17-16(22-17)13-6-4-3-5-7-13/h8-9,13,16-17H,3-7,10H2,1-2H3,(H,18,19). The van der Waals surface area contributed by atoms with Gasteiger partial charge in [-0.15, -0.1) is 0 Å². The Morgan fingerprint density at radius 2 is 2.09 bits per heavy atom. The first-order chi connectivity index (χ1) is 11.2. The highest BCUT2D eigenvalue weighted by Crippen LogP contribution is 2.38. The zero-order valence-corrected chi connectivity index (χ0v) is 13.8. The molecule has 2 atom stereocenters. The van der Waals surface area contributed by atoms with Crippen LogP contribution in [0.15, 0.2) is 16.8 Å². The first-order valence-electron chi connectivity index (χ1n) is 8.58. The molecule has 1 N–H and O–H groups in total. The van der Waals surface area contributed by atoms with E-state index in [1.165, 1.54) is 32.1 Å². The number of anilines is 1. The highest BCUT2D eigenvalue weighted by atomic mass is 16.6. The smallest absolute Gasteiger partial charge is 0.156 e.